The Balaban J connectivity index is 1.55. The van der Waals surface area contributed by atoms with Crippen molar-refractivity contribution in [3.63, 3.8) is 0 Å². The number of esters is 1. The average Bonchev–Trinajstić information content (AvgIpc) is 3.42. The van der Waals surface area contributed by atoms with Crippen LogP contribution in [0.1, 0.15) is 42.3 Å². The molecule has 2 aromatic rings. The molecule has 0 atom stereocenters. The molecule has 8 nitrogen and oxygen atoms in total. The van der Waals surface area contributed by atoms with Crippen molar-refractivity contribution in [1.29, 1.82) is 5.41 Å². The standard InChI is InChI=1S/C22H20N4O4S/c1-3-4-5-18-25-26-19(23)16(20(27)24-22(26)31-18)12-15-10-11-17(30-15)13-6-8-14(9-7-13)21(28)29-2/h6-12,23H,3-5H2,1-2H3. The van der Waals surface area contributed by atoms with Crippen molar-refractivity contribution >= 4 is 45.8 Å². The van der Waals surface area contributed by atoms with E-state index in [1.807, 2.05) is 0 Å². The maximum Gasteiger partial charge on any atom is 0.337 e. The number of benzene rings is 1. The minimum Gasteiger partial charge on any atom is -0.465 e. The molecule has 4 rings (SSSR count). The Kier molecular flexibility index (Phi) is 5.85. The van der Waals surface area contributed by atoms with Gasteiger partial charge in [-0.05, 0) is 54.9 Å². The van der Waals surface area contributed by atoms with E-state index in [2.05, 4.69) is 17.0 Å². The molecular formula is C22H20N4O4S. The lowest BCUT2D eigenvalue weighted by Crippen LogP contribution is -2.35. The number of fused-ring (bicyclic) bond motifs is 1. The van der Waals surface area contributed by atoms with Gasteiger partial charge in [-0.3, -0.25) is 10.2 Å². The van der Waals surface area contributed by atoms with Gasteiger partial charge in [0.2, 0.25) is 5.17 Å². The summed E-state index contributed by atoms with van der Waals surface area (Å²) < 4.78 is 10.5. The van der Waals surface area contributed by atoms with Crippen LogP contribution >= 0.6 is 11.8 Å². The Morgan fingerprint density at radius 3 is 2.74 bits per heavy atom. The number of ether oxygens (including phenoxy) is 1. The van der Waals surface area contributed by atoms with Crippen LogP contribution in [0.25, 0.3) is 17.4 Å². The van der Waals surface area contributed by atoms with Gasteiger partial charge in [0.25, 0.3) is 5.91 Å². The van der Waals surface area contributed by atoms with E-state index in [4.69, 9.17) is 14.6 Å². The molecular weight excluding hydrogens is 416 g/mol. The molecule has 2 aliphatic rings. The quantitative estimate of drug-likeness (QED) is 0.526. The number of amides is 1. The molecule has 3 heterocycles. The Hall–Kier alpha value is -3.46. The maximum absolute atomic E-state index is 12.5. The summed E-state index contributed by atoms with van der Waals surface area (Å²) in [7, 11) is 1.33. The van der Waals surface area contributed by atoms with Crippen LogP contribution < -0.4 is 0 Å². The van der Waals surface area contributed by atoms with Crippen LogP contribution in [0.15, 0.2) is 56.5 Å². The highest BCUT2D eigenvalue weighted by Crippen LogP contribution is 2.31. The third-order valence-corrected chi connectivity index (χ3v) is 5.71. The Morgan fingerprint density at radius 1 is 1.26 bits per heavy atom. The minimum atomic E-state index is -0.490. The second-order valence-corrected chi connectivity index (χ2v) is 7.93. The van der Waals surface area contributed by atoms with Crippen LogP contribution in [0.4, 0.5) is 0 Å². The summed E-state index contributed by atoms with van der Waals surface area (Å²) >= 11 is 1.34. The number of thioether (sulfide) groups is 1. The number of methoxy groups -OCH3 is 1. The molecule has 9 heteroatoms. The first-order valence-electron chi connectivity index (χ1n) is 9.78. The van der Waals surface area contributed by atoms with E-state index in [0.717, 1.165) is 29.9 Å². The maximum atomic E-state index is 12.5. The van der Waals surface area contributed by atoms with Crippen LogP contribution in [0.5, 0.6) is 0 Å². The van der Waals surface area contributed by atoms with Crippen molar-refractivity contribution in [3.05, 3.63) is 53.3 Å². The molecule has 0 fully saturated rings. The van der Waals surface area contributed by atoms with Crippen LogP contribution in [-0.4, -0.2) is 40.0 Å². The summed E-state index contributed by atoms with van der Waals surface area (Å²) in [4.78, 5) is 28.2. The van der Waals surface area contributed by atoms with Gasteiger partial charge >= 0.3 is 5.97 Å². The molecule has 2 aliphatic heterocycles. The van der Waals surface area contributed by atoms with Gasteiger partial charge in [0.15, 0.2) is 5.84 Å². The van der Waals surface area contributed by atoms with E-state index in [9.17, 15) is 9.59 Å². The predicted molar refractivity (Wildman–Crippen MR) is 120 cm³/mol. The number of rotatable bonds is 6. The van der Waals surface area contributed by atoms with Gasteiger partial charge in [-0.1, -0.05) is 25.5 Å². The molecule has 31 heavy (non-hydrogen) atoms. The summed E-state index contributed by atoms with van der Waals surface area (Å²) in [6.07, 6.45) is 4.33. The molecule has 1 aromatic heterocycles. The summed E-state index contributed by atoms with van der Waals surface area (Å²) in [6, 6.07) is 10.3. The fourth-order valence-electron chi connectivity index (χ4n) is 3.08. The zero-order chi connectivity index (χ0) is 22.0. The zero-order valence-corrected chi connectivity index (χ0v) is 17.9. The first-order chi connectivity index (χ1) is 15.0. The number of hydrogen-bond donors (Lipinski definition) is 1. The number of nitrogens with zero attached hydrogens (tertiary/aromatic N) is 3. The van der Waals surface area contributed by atoms with E-state index in [-0.39, 0.29) is 11.4 Å². The molecule has 1 aromatic carbocycles. The number of aliphatic imine (C=N–C) groups is 1. The van der Waals surface area contributed by atoms with E-state index >= 15 is 0 Å². The second-order valence-electron chi connectivity index (χ2n) is 6.89. The Bertz CT molecular complexity index is 1140. The first-order valence-corrected chi connectivity index (χ1v) is 10.6. The number of nitrogens with one attached hydrogen (secondary N) is 1. The molecule has 1 amide bonds. The van der Waals surface area contributed by atoms with Crippen molar-refractivity contribution in [1.82, 2.24) is 5.01 Å². The van der Waals surface area contributed by atoms with E-state index in [1.54, 1.807) is 36.4 Å². The fourth-order valence-corrected chi connectivity index (χ4v) is 4.00. The topological polar surface area (TPSA) is 108 Å². The smallest absolute Gasteiger partial charge is 0.337 e. The normalized spacial score (nSPS) is 17.0. The third kappa shape index (κ3) is 4.22. The van der Waals surface area contributed by atoms with E-state index in [0.29, 0.717) is 22.3 Å². The molecule has 0 bridgehead atoms. The van der Waals surface area contributed by atoms with Gasteiger partial charge in [0.05, 0.1) is 18.2 Å². The van der Waals surface area contributed by atoms with E-state index < -0.39 is 11.9 Å². The molecule has 0 unspecified atom stereocenters. The van der Waals surface area contributed by atoms with Gasteiger partial charge in [-0.25, -0.2) is 4.79 Å². The number of carbonyl (C=O) groups is 2. The monoisotopic (exact) mass is 436 g/mol. The van der Waals surface area contributed by atoms with Gasteiger partial charge in [0, 0.05) is 5.56 Å². The van der Waals surface area contributed by atoms with Gasteiger partial charge in [0.1, 0.15) is 16.6 Å². The lowest BCUT2D eigenvalue weighted by atomic mass is 10.1. The number of hydrazone groups is 1. The minimum absolute atomic E-state index is 0.0191. The number of amidine groups is 2. The van der Waals surface area contributed by atoms with Crippen molar-refractivity contribution in [2.75, 3.05) is 7.11 Å². The zero-order valence-electron chi connectivity index (χ0n) is 17.0. The predicted octanol–water partition coefficient (Wildman–Crippen LogP) is 4.54. The molecule has 0 spiro atoms. The Labute approximate surface area is 183 Å². The highest BCUT2D eigenvalue weighted by atomic mass is 32.2. The largest absolute Gasteiger partial charge is 0.465 e. The van der Waals surface area contributed by atoms with Crippen molar-refractivity contribution in [2.45, 2.75) is 26.2 Å². The SMILES string of the molecule is CCCCC1=NN2C(=N)C(=Cc3ccc(-c4ccc(C(=O)OC)cc4)o3)C(=O)N=C2S1. The molecule has 1 N–H and O–H groups in total. The van der Waals surface area contributed by atoms with E-state index in [1.165, 1.54) is 30.0 Å². The number of hydrogen-bond acceptors (Lipinski definition) is 7. The second kappa shape index (κ2) is 8.73. The highest BCUT2D eigenvalue weighted by molar-refractivity contribution is 8.26. The lowest BCUT2D eigenvalue weighted by Gasteiger charge is -2.19. The number of furan rings is 1. The summed E-state index contributed by atoms with van der Waals surface area (Å²) in [6.45, 7) is 2.10. The Morgan fingerprint density at radius 2 is 2.03 bits per heavy atom. The number of carbonyl (C=O) groups excluding carboxylic acids is 2. The molecule has 0 saturated heterocycles. The molecule has 158 valence electrons. The summed E-state index contributed by atoms with van der Waals surface area (Å²) in [5.74, 6) is 0.0661. The van der Waals surface area contributed by atoms with Crippen molar-refractivity contribution in [2.24, 2.45) is 10.1 Å². The summed E-state index contributed by atoms with van der Waals surface area (Å²) in [5.41, 5.74) is 1.33. The first kappa shape index (κ1) is 20.8. The van der Waals surface area contributed by atoms with Gasteiger partial charge in [-0.2, -0.15) is 15.1 Å². The lowest BCUT2D eigenvalue weighted by molar-refractivity contribution is -0.114. The fraction of sp³-hybridized carbons (Fsp3) is 0.227. The average molecular weight is 436 g/mol. The number of unbranched alkanes of at least 4 members (excludes halogenated alkanes) is 1. The molecule has 0 saturated carbocycles. The van der Waals surface area contributed by atoms with Crippen LogP contribution in [-0.2, 0) is 9.53 Å². The molecule has 0 radical (unpaired) electrons. The van der Waals surface area contributed by atoms with Gasteiger partial charge < -0.3 is 9.15 Å². The van der Waals surface area contributed by atoms with Crippen LogP contribution in [0.3, 0.4) is 0 Å². The van der Waals surface area contributed by atoms with Crippen LogP contribution in [0.2, 0.25) is 0 Å². The molecule has 0 aliphatic carbocycles. The van der Waals surface area contributed by atoms with Crippen LogP contribution in [0, 0.1) is 5.41 Å². The van der Waals surface area contributed by atoms with Gasteiger partial charge in [-0.15, -0.1) is 0 Å². The van der Waals surface area contributed by atoms with Crippen molar-refractivity contribution in [3.8, 4) is 11.3 Å². The summed E-state index contributed by atoms with van der Waals surface area (Å²) in [5, 5.41) is 15.5. The van der Waals surface area contributed by atoms with Crippen molar-refractivity contribution < 1.29 is 18.7 Å². The highest BCUT2D eigenvalue weighted by Gasteiger charge is 2.35. The third-order valence-electron chi connectivity index (χ3n) is 4.74.